The number of carboxylic acid groups (broad SMARTS) is 1. The number of carboxylic acids is 1. The highest BCUT2D eigenvalue weighted by molar-refractivity contribution is 5.91. The molecule has 0 aliphatic rings. The second-order valence-electron chi connectivity index (χ2n) is 7.24. The van der Waals surface area contributed by atoms with Crippen molar-refractivity contribution in [3.05, 3.63) is 94.5 Å². The summed E-state index contributed by atoms with van der Waals surface area (Å²) in [7, 11) is 0. The van der Waals surface area contributed by atoms with Crippen molar-refractivity contribution in [2.75, 3.05) is 0 Å². The summed E-state index contributed by atoms with van der Waals surface area (Å²) in [5, 5.41) is 12.1. The van der Waals surface area contributed by atoms with Gasteiger partial charge in [0.1, 0.15) is 0 Å². The van der Waals surface area contributed by atoms with E-state index in [-0.39, 0.29) is 17.6 Å². The molecule has 0 radical (unpaired) electrons. The molecule has 3 rings (SSSR count). The van der Waals surface area contributed by atoms with Gasteiger partial charge in [-0.05, 0) is 29.5 Å². The number of carbonyl (C=O) groups is 2. The molecular formula is C24H23NO5. The van der Waals surface area contributed by atoms with Gasteiger partial charge < -0.3 is 14.8 Å². The molecule has 0 fully saturated rings. The van der Waals surface area contributed by atoms with Crippen LogP contribution >= 0.6 is 0 Å². The first kappa shape index (κ1) is 21.0. The molecule has 1 heterocycles. The Morgan fingerprint density at radius 2 is 1.67 bits per heavy atom. The van der Waals surface area contributed by atoms with Crippen LogP contribution in [0.4, 0.5) is 0 Å². The Balaban J connectivity index is 1.75. The first-order chi connectivity index (χ1) is 14.4. The molecule has 1 amide bonds. The maximum atomic E-state index is 12.5. The molecule has 0 saturated heterocycles. The average molecular weight is 405 g/mol. The standard InChI is InChI=1S/C24H23NO5/c1-16(24(28)29)13-20(25-23(27)22-15-21(26)11-12-30-22)14-17-7-9-19(10-8-17)18-5-3-2-4-6-18/h2-12,15-16,20H,13-14H2,1H3,(H,25,27)(H,28,29). The minimum atomic E-state index is -0.931. The fraction of sp³-hybridized carbons (Fsp3) is 0.208. The van der Waals surface area contributed by atoms with E-state index in [1.165, 1.54) is 6.07 Å². The molecule has 0 saturated carbocycles. The maximum Gasteiger partial charge on any atom is 0.306 e. The monoisotopic (exact) mass is 405 g/mol. The summed E-state index contributed by atoms with van der Waals surface area (Å²) >= 11 is 0. The summed E-state index contributed by atoms with van der Waals surface area (Å²) in [6, 6.07) is 19.8. The smallest absolute Gasteiger partial charge is 0.306 e. The number of nitrogens with one attached hydrogen (secondary N) is 1. The zero-order chi connectivity index (χ0) is 21.5. The number of rotatable bonds is 8. The molecule has 6 nitrogen and oxygen atoms in total. The van der Waals surface area contributed by atoms with Gasteiger partial charge in [0.2, 0.25) is 0 Å². The molecule has 2 N–H and O–H groups in total. The van der Waals surface area contributed by atoms with E-state index >= 15 is 0 Å². The van der Waals surface area contributed by atoms with Crippen LogP contribution < -0.4 is 10.7 Å². The molecule has 154 valence electrons. The lowest BCUT2D eigenvalue weighted by atomic mass is 9.95. The van der Waals surface area contributed by atoms with Crippen molar-refractivity contribution in [2.45, 2.75) is 25.8 Å². The third kappa shape index (κ3) is 5.67. The summed E-state index contributed by atoms with van der Waals surface area (Å²) < 4.78 is 5.11. The van der Waals surface area contributed by atoms with Crippen LogP contribution in [0.15, 0.2) is 82.2 Å². The molecule has 6 heteroatoms. The first-order valence-corrected chi connectivity index (χ1v) is 9.69. The van der Waals surface area contributed by atoms with E-state index in [0.717, 1.165) is 29.0 Å². The molecule has 3 aromatic rings. The van der Waals surface area contributed by atoms with Gasteiger partial charge in [-0.2, -0.15) is 0 Å². The highest BCUT2D eigenvalue weighted by Crippen LogP contribution is 2.20. The molecular weight excluding hydrogens is 382 g/mol. The Bertz CT molecular complexity index is 1060. The number of hydrogen-bond acceptors (Lipinski definition) is 4. The summed E-state index contributed by atoms with van der Waals surface area (Å²) in [5.41, 5.74) is 2.81. The number of hydrogen-bond donors (Lipinski definition) is 2. The van der Waals surface area contributed by atoms with Crippen LogP contribution in [-0.4, -0.2) is 23.0 Å². The molecule has 2 aromatic carbocycles. The van der Waals surface area contributed by atoms with Crippen LogP contribution in [0.1, 0.15) is 29.5 Å². The topological polar surface area (TPSA) is 96.6 Å². The molecule has 0 bridgehead atoms. The van der Waals surface area contributed by atoms with E-state index < -0.39 is 23.8 Å². The van der Waals surface area contributed by atoms with Crippen LogP contribution in [0.3, 0.4) is 0 Å². The van der Waals surface area contributed by atoms with Crippen molar-refractivity contribution >= 4 is 11.9 Å². The van der Waals surface area contributed by atoms with E-state index in [9.17, 15) is 19.5 Å². The largest absolute Gasteiger partial charge is 0.481 e. The summed E-state index contributed by atoms with van der Waals surface area (Å²) in [4.78, 5) is 35.3. The fourth-order valence-electron chi connectivity index (χ4n) is 3.23. The van der Waals surface area contributed by atoms with Gasteiger partial charge >= 0.3 is 5.97 Å². The first-order valence-electron chi connectivity index (χ1n) is 9.69. The lowest BCUT2D eigenvalue weighted by Gasteiger charge is -2.21. The Morgan fingerprint density at radius 3 is 2.30 bits per heavy atom. The lowest BCUT2D eigenvalue weighted by Crippen LogP contribution is -2.38. The fourth-order valence-corrected chi connectivity index (χ4v) is 3.23. The SMILES string of the molecule is CC(CC(Cc1ccc(-c2ccccc2)cc1)NC(=O)c1cc(=O)cco1)C(=O)O. The van der Waals surface area contributed by atoms with Crippen LogP contribution in [0.5, 0.6) is 0 Å². The van der Waals surface area contributed by atoms with Gasteiger partial charge in [-0.15, -0.1) is 0 Å². The highest BCUT2D eigenvalue weighted by atomic mass is 16.4. The van der Waals surface area contributed by atoms with E-state index in [1.807, 2.05) is 54.6 Å². The van der Waals surface area contributed by atoms with Crippen molar-refractivity contribution in [1.29, 1.82) is 0 Å². The van der Waals surface area contributed by atoms with Gasteiger partial charge in [0.15, 0.2) is 11.2 Å². The maximum absolute atomic E-state index is 12.5. The molecule has 0 aliphatic heterocycles. The second-order valence-corrected chi connectivity index (χ2v) is 7.24. The summed E-state index contributed by atoms with van der Waals surface area (Å²) in [5.74, 6) is -2.22. The van der Waals surface area contributed by atoms with Crippen LogP contribution in [0.2, 0.25) is 0 Å². The van der Waals surface area contributed by atoms with Crippen molar-refractivity contribution in [3.8, 4) is 11.1 Å². The van der Waals surface area contributed by atoms with Crippen LogP contribution in [0, 0.1) is 5.92 Å². The Kier molecular flexibility index (Phi) is 6.80. The van der Waals surface area contributed by atoms with E-state index in [0.29, 0.717) is 6.42 Å². The molecule has 2 unspecified atom stereocenters. The number of aliphatic carboxylic acids is 1. The summed E-state index contributed by atoms with van der Waals surface area (Å²) in [6.07, 6.45) is 1.86. The van der Waals surface area contributed by atoms with Crippen molar-refractivity contribution in [1.82, 2.24) is 5.32 Å². The van der Waals surface area contributed by atoms with Gasteiger partial charge in [0.25, 0.3) is 5.91 Å². The molecule has 30 heavy (non-hydrogen) atoms. The molecule has 0 spiro atoms. The van der Waals surface area contributed by atoms with E-state index in [2.05, 4.69) is 5.32 Å². The Morgan fingerprint density at radius 1 is 1.00 bits per heavy atom. The third-order valence-corrected chi connectivity index (χ3v) is 4.86. The second kappa shape index (κ2) is 9.69. The summed E-state index contributed by atoms with van der Waals surface area (Å²) in [6.45, 7) is 1.60. The van der Waals surface area contributed by atoms with Gasteiger partial charge in [-0.3, -0.25) is 14.4 Å². The van der Waals surface area contributed by atoms with Gasteiger partial charge in [0.05, 0.1) is 12.2 Å². The zero-order valence-electron chi connectivity index (χ0n) is 16.6. The van der Waals surface area contributed by atoms with E-state index in [1.54, 1.807) is 6.92 Å². The van der Waals surface area contributed by atoms with Crippen LogP contribution in [-0.2, 0) is 11.2 Å². The number of carbonyl (C=O) groups excluding carboxylic acids is 1. The molecule has 2 atom stereocenters. The van der Waals surface area contributed by atoms with Gasteiger partial charge in [0, 0.05) is 18.2 Å². The van der Waals surface area contributed by atoms with Crippen molar-refractivity contribution < 1.29 is 19.1 Å². The Labute approximate surface area is 174 Å². The molecule has 0 aliphatic carbocycles. The van der Waals surface area contributed by atoms with E-state index in [4.69, 9.17) is 4.42 Å². The van der Waals surface area contributed by atoms with Gasteiger partial charge in [-0.25, -0.2) is 0 Å². The Hall–Kier alpha value is -3.67. The van der Waals surface area contributed by atoms with Crippen molar-refractivity contribution in [2.24, 2.45) is 5.92 Å². The minimum Gasteiger partial charge on any atom is -0.481 e. The average Bonchev–Trinajstić information content (AvgIpc) is 2.74. The van der Waals surface area contributed by atoms with Gasteiger partial charge in [-0.1, -0.05) is 61.5 Å². The highest BCUT2D eigenvalue weighted by Gasteiger charge is 2.22. The quantitative estimate of drug-likeness (QED) is 0.595. The predicted octanol–water partition coefficient (Wildman–Crippen LogP) is 3.76. The predicted molar refractivity (Wildman–Crippen MR) is 113 cm³/mol. The number of amides is 1. The van der Waals surface area contributed by atoms with Crippen molar-refractivity contribution in [3.63, 3.8) is 0 Å². The minimum absolute atomic E-state index is 0.102. The molecule has 1 aromatic heterocycles. The number of benzene rings is 2. The zero-order valence-corrected chi connectivity index (χ0v) is 16.6. The normalized spacial score (nSPS) is 12.7. The third-order valence-electron chi connectivity index (χ3n) is 4.86. The van der Waals surface area contributed by atoms with Crippen LogP contribution in [0.25, 0.3) is 11.1 Å². The lowest BCUT2D eigenvalue weighted by molar-refractivity contribution is -0.141.